The second-order valence-electron chi connectivity index (χ2n) is 18.1. The van der Waals surface area contributed by atoms with Crippen LogP contribution in [0.4, 0.5) is 0 Å². The molecule has 14 heteroatoms. The van der Waals surface area contributed by atoms with Crippen LogP contribution in [0.15, 0.2) is 67.3 Å². The van der Waals surface area contributed by atoms with Crippen molar-refractivity contribution in [1.29, 1.82) is 0 Å². The Kier molecular flexibility index (Phi) is 16.1. The predicted molar refractivity (Wildman–Crippen MR) is 226 cm³/mol. The third-order valence-corrected chi connectivity index (χ3v) is 14.0. The van der Waals surface area contributed by atoms with Crippen molar-refractivity contribution in [3.05, 3.63) is 72.9 Å². The topological polar surface area (TPSA) is 167 Å². The maximum atomic E-state index is 13.1. The normalized spacial score (nSPS) is 39.6. The van der Waals surface area contributed by atoms with Gasteiger partial charge in [0.2, 0.25) is 0 Å². The fourth-order valence-electron chi connectivity index (χ4n) is 10.8. The first-order valence-corrected chi connectivity index (χ1v) is 22.5. The van der Waals surface area contributed by atoms with Crippen LogP contribution < -0.4 is 0 Å². The van der Waals surface area contributed by atoms with Crippen molar-refractivity contribution < 1.29 is 67.2 Å². The standard InChI is InChI=1S/C48H68O14/c1-8-12-36-43(62-48(52)29-13-10-9-11-14-29)45(55-7)47-46(60-36)44-40(61-47)22-33(58-44)16-15-31-20-27(3)35(56-31)18-17-32-19-26(2)28(4)37(57-32)24-38-34(23-41(51)53-5)42(54-6)39(59-38)21-30(50)25-49/h8-11,13-14,26,30-40,42-47,49-50H,1,3-4,12,15-25H2,2,5-7H3/t26?,30?,31?,32?,33-,34?,35?,36?,37?,38?,39-,40-,42-,43?,44?,45?,46+,47?/m1/s1. The highest BCUT2D eigenvalue weighted by molar-refractivity contribution is 5.89. The average molecular weight is 869 g/mol. The molecule has 7 rings (SSSR count). The lowest BCUT2D eigenvalue weighted by Crippen LogP contribution is -2.60. The Morgan fingerprint density at radius 1 is 0.806 bits per heavy atom. The van der Waals surface area contributed by atoms with Crippen LogP contribution >= 0.6 is 0 Å². The summed E-state index contributed by atoms with van der Waals surface area (Å²) in [6.45, 7) is 14.5. The molecule has 18 atom stereocenters. The molecule has 6 fully saturated rings. The number of carbonyl (C=O) groups excluding carboxylic acids is 2. The van der Waals surface area contributed by atoms with Crippen molar-refractivity contribution >= 4 is 11.9 Å². The first-order valence-electron chi connectivity index (χ1n) is 22.5. The van der Waals surface area contributed by atoms with E-state index in [4.69, 9.17) is 47.4 Å². The fraction of sp³-hybridized carbons (Fsp3) is 0.708. The number of aliphatic hydroxyl groups is 2. The average Bonchev–Trinajstić information content (AvgIpc) is 4.02. The van der Waals surface area contributed by atoms with E-state index in [0.29, 0.717) is 18.4 Å². The van der Waals surface area contributed by atoms with Crippen molar-refractivity contribution in [3.8, 4) is 0 Å². The molecule has 0 amide bonds. The molecule has 0 bridgehead atoms. The minimum absolute atomic E-state index is 0.00892. The molecule has 62 heavy (non-hydrogen) atoms. The van der Waals surface area contributed by atoms with Crippen LogP contribution in [0.2, 0.25) is 0 Å². The first-order chi connectivity index (χ1) is 29.9. The monoisotopic (exact) mass is 868 g/mol. The summed E-state index contributed by atoms with van der Waals surface area (Å²) in [7, 11) is 4.54. The molecule has 0 radical (unpaired) electrons. The highest BCUT2D eigenvalue weighted by Crippen LogP contribution is 2.45. The zero-order chi connectivity index (χ0) is 44.1. The summed E-state index contributed by atoms with van der Waals surface area (Å²) in [6, 6.07) is 8.90. The first kappa shape index (κ1) is 47.0. The highest BCUT2D eigenvalue weighted by Gasteiger charge is 2.60. The molecule has 6 aliphatic rings. The number of rotatable bonds is 19. The lowest BCUT2D eigenvalue weighted by molar-refractivity contribution is -0.229. The number of esters is 2. The van der Waals surface area contributed by atoms with Gasteiger partial charge >= 0.3 is 11.9 Å². The summed E-state index contributed by atoms with van der Waals surface area (Å²) in [5, 5.41) is 19.7. The largest absolute Gasteiger partial charge is 0.469 e. The third kappa shape index (κ3) is 10.6. The van der Waals surface area contributed by atoms with E-state index in [-0.39, 0.29) is 79.5 Å². The number of carbonyl (C=O) groups is 2. The molecule has 2 N–H and O–H groups in total. The summed E-state index contributed by atoms with van der Waals surface area (Å²) in [5.41, 5.74) is 2.55. The van der Waals surface area contributed by atoms with Gasteiger partial charge in [-0.1, -0.05) is 44.4 Å². The number of aliphatic hydroxyl groups excluding tert-OH is 2. The Hall–Kier alpha value is -3.02. The lowest BCUT2D eigenvalue weighted by atomic mass is 9.82. The van der Waals surface area contributed by atoms with Gasteiger partial charge in [-0.3, -0.25) is 4.79 Å². The van der Waals surface area contributed by atoms with Crippen molar-refractivity contribution in [1.82, 2.24) is 0 Å². The molecule has 1 aromatic rings. The number of benzene rings is 1. The van der Waals surface area contributed by atoms with E-state index < -0.39 is 61.4 Å². The Morgan fingerprint density at radius 2 is 1.52 bits per heavy atom. The molecule has 6 saturated heterocycles. The van der Waals surface area contributed by atoms with Crippen LogP contribution in [0, 0.1) is 11.8 Å². The summed E-state index contributed by atoms with van der Waals surface area (Å²) in [4.78, 5) is 25.6. The minimum Gasteiger partial charge on any atom is -0.469 e. The SMILES string of the molecule is C=CCC1O[C@@H]2C(O[C@@H]3C[C@@H](CCC4CC(=C)C(CCC5CC(C)C(=C)C(CC6O[C@H](CC(O)CO)[C@H](OC)C6CC(=O)OC)O5)O4)OC23)C(OC)C1OC(=O)c1ccccc1. The molecular formula is C48H68O14. The molecule has 1 aromatic carbocycles. The molecule has 344 valence electrons. The Bertz CT molecular complexity index is 1690. The quantitative estimate of drug-likeness (QED) is 0.137. The predicted octanol–water partition coefficient (Wildman–Crippen LogP) is 5.21. The van der Waals surface area contributed by atoms with E-state index in [0.717, 1.165) is 56.1 Å². The van der Waals surface area contributed by atoms with Crippen LogP contribution in [0.25, 0.3) is 0 Å². The number of hydrogen-bond donors (Lipinski definition) is 2. The maximum Gasteiger partial charge on any atom is 0.338 e. The van der Waals surface area contributed by atoms with E-state index in [2.05, 4.69) is 26.7 Å². The van der Waals surface area contributed by atoms with Gasteiger partial charge in [0.15, 0.2) is 6.10 Å². The summed E-state index contributed by atoms with van der Waals surface area (Å²) in [5.74, 6) is -0.894. The molecule has 6 heterocycles. The van der Waals surface area contributed by atoms with Crippen molar-refractivity contribution in [2.75, 3.05) is 27.9 Å². The van der Waals surface area contributed by atoms with Gasteiger partial charge in [0.05, 0.1) is 86.7 Å². The summed E-state index contributed by atoms with van der Waals surface area (Å²) >= 11 is 0. The molecule has 0 aliphatic carbocycles. The van der Waals surface area contributed by atoms with E-state index >= 15 is 0 Å². The second-order valence-corrected chi connectivity index (χ2v) is 18.1. The second kappa shape index (κ2) is 21.3. The Morgan fingerprint density at radius 3 is 2.23 bits per heavy atom. The molecular weight excluding hydrogens is 801 g/mol. The van der Waals surface area contributed by atoms with Crippen molar-refractivity contribution in [2.45, 2.75) is 175 Å². The van der Waals surface area contributed by atoms with Gasteiger partial charge in [-0.05, 0) is 74.1 Å². The summed E-state index contributed by atoms with van der Waals surface area (Å²) in [6.07, 6.45) is 3.09. The molecule has 6 aliphatic heterocycles. The van der Waals surface area contributed by atoms with Crippen molar-refractivity contribution in [2.24, 2.45) is 11.8 Å². The van der Waals surface area contributed by atoms with Gasteiger partial charge < -0.3 is 57.6 Å². The van der Waals surface area contributed by atoms with E-state index in [1.54, 1.807) is 44.6 Å². The van der Waals surface area contributed by atoms with Crippen LogP contribution in [-0.2, 0) is 52.2 Å². The van der Waals surface area contributed by atoms with Crippen LogP contribution in [0.3, 0.4) is 0 Å². The smallest absolute Gasteiger partial charge is 0.338 e. The molecule has 0 aromatic heterocycles. The number of methoxy groups -OCH3 is 3. The zero-order valence-corrected chi connectivity index (χ0v) is 36.8. The van der Waals surface area contributed by atoms with Crippen LogP contribution in [0.1, 0.15) is 87.9 Å². The molecule has 0 spiro atoms. The van der Waals surface area contributed by atoms with E-state index in [1.165, 1.54) is 7.11 Å². The molecule has 13 unspecified atom stereocenters. The zero-order valence-electron chi connectivity index (χ0n) is 36.8. The number of hydrogen-bond acceptors (Lipinski definition) is 14. The minimum atomic E-state index is -0.963. The molecule has 14 nitrogen and oxygen atoms in total. The third-order valence-electron chi connectivity index (χ3n) is 14.0. The maximum absolute atomic E-state index is 13.1. The van der Waals surface area contributed by atoms with Gasteiger partial charge in [-0.25, -0.2) is 4.79 Å². The lowest BCUT2D eigenvalue weighted by Gasteiger charge is -2.43. The van der Waals surface area contributed by atoms with Crippen molar-refractivity contribution in [3.63, 3.8) is 0 Å². The van der Waals surface area contributed by atoms with E-state index in [1.807, 2.05) is 6.07 Å². The van der Waals surface area contributed by atoms with Gasteiger partial charge in [-0.15, -0.1) is 6.58 Å². The molecule has 0 saturated carbocycles. The van der Waals surface area contributed by atoms with Gasteiger partial charge in [0, 0.05) is 39.4 Å². The van der Waals surface area contributed by atoms with Gasteiger partial charge in [0.1, 0.15) is 30.5 Å². The number of ether oxygens (including phenoxy) is 10. The Balaban J connectivity index is 0.884. The van der Waals surface area contributed by atoms with Crippen LogP contribution in [-0.4, -0.2) is 148 Å². The van der Waals surface area contributed by atoms with Crippen LogP contribution in [0.5, 0.6) is 0 Å². The number of fused-ring (bicyclic) bond motifs is 3. The van der Waals surface area contributed by atoms with E-state index in [9.17, 15) is 19.8 Å². The summed E-state index contributed by atoms with van der Waals surface area (Å²) < 4.78 is 62.4. The van der Waals surface area contributed by atoms with Gasteiger partial charge in [0.25, 0.3) is 0 Å². The highest BCUT2D eigenvalue weighted by atomic mass is 16.7. The fourth-order valence-corrected chi connectivity index (χ4v) is 10.8. The van der Waals surface area contributed by atoms with Gasteiger partial charge in [-0.2, -0.15) is 0 Å². The Labute approximate surface area is 366 Å².